The van der Waals surface area contributed by atoms with E-state index in [0.717, 1.165) is 22.2 Å². The number of aromatic nitrogens is 1. The molecule has 2 heterocycles. The molecule has 41 heavy (non-hydrogen) atoms. The highest BCUT2D eigenvalue weighted by molar-refractivity contribution is 7.89. The molecular formula is C28H36N4O7S2. The number of aryl methyl sites for hydroxylation is 1. The molecule has 0 aliphatic carbocycles. The number of methoxy groups -OCH3 is 1. The summed E-state index contributed by atoms with van der Waals surface area (Å²) in [6.45, 7) is 4.80. The first-order valence-corrected chi connectivity index (χ1v) is 16.5. The van der Waals surface area contributed by atoms with Crippen molar-refractivity contribution in [2.45, 2.75) is 37.8 Å². The summed E-state index contributed by atoms with van der Waals surface area (Å²) in [5, 5.41) is 0.991. The van der Waals surface area contributed by atoms with E-state index < -0.39 is 32.1 Å². The van der Waals surface area contributed by atoms with Crippen molar-refractivity contribution in [3.63, 3.8) is 0 Å². The zero-order chi connectivity index (χ0) is 29.6. The SMILES string of the molecule is CCCS(=O)(=O)N1CCN(C(CNS(=O)(=O)c2ccc(OCc3cc(C)nc4ccccc34)cc2)C(=O)OC)CC1. The number of piperazine rings is 1. The van der Waals surface area contributed by atoms with Crippen molar-refractivity contribution in [1.29, 1.82) is 0 Å². The fraction of sp³-hybridized carbons (Fsp3) is 0.429. The van der Waals surface area contributed by atoms with Gasteiger partial charge >= 0.3 is 5.97 Å². The van der Waals surface area contributed by atoms with E-state index in [1.165, 1.54) is 23.5 Å². The molecular weight excluding hydrogens is 568 g/mol. The van der Waals surface area contributed by atoms with Gasteiger partial charge in [0.2, 0.25) is 20.0 Å². The van der Waals surface area contributed by atoms with Crippen molar-refractivity contribution in [2.24, 2.45) is 0 Å². The van der Waals surface area contributed by atoms with E-state index in [1.54, 1.807) is 24.0 Å². The van der Waals surface area contributed by atoms with Crippen LogP contribution in [0.5, 0.6) is 5.75 Å². The highest BCUT2D eigenvalue weighted by Crippen LogP contribution is 2.22. The zero-order valence-electron chi connectivity index (χ0n) is 23.4. The van der Waals surface area contributed by atoms with Gasteiger partial charge in [-0.1, -0.05) is 25.1 Å². The Kier molecular flexibility index (Phi) is 9.97. The van der Waals surface area contributed by atoms with Crippen LogP contribution in [0.2, 0.25) is 0 Å². The van der Waals surface area contributed by atoms with Crippen LogP contribution in [-0.2, 0) is 36.2 Å². The smallest absolute Gasteiger partial charge is 0.324 e. The summed E-state index contributed by atoms with van der Waals surface area (Å²) >= 11 is 0. The summed E-state index contributed by atoms with van der Waals surface area (Å²) in [6.07, 6.45) is 0.518. The molecule has 3 aromatic rings. The van der Waals surface area contributed by atoms with E-state index in [9.17, 15) is 21.6 Å². The molecule has 0 spiro atoms. The lowest BCUT2D eigenvalue weighted by molar-refractivity contribution is -0.147. The first-order valence-electron chi connectivity index (χ1n) is 13.4. The van der Waals surface area contributed by atoms with Crippen LogP contribution in [0.15, 0.2) is 59.5 Å². The van der Waals surface area contributed by atoms with E-state index >= 15 is 0 Å². The largest absolute Gasteiger partial charge is 0.489 e. The molecule has 0 bridgehead atoms. The first-order chi connectivity index (χ1) is 19.5. The van der Waals surface area contributed by atoms with Gasteiger partial charge in [-0.3, -0.25) is 14.7 Å². The van der Waals surface area contributed by atoms with Crippen LogP contribution in [0.25, 0.3) is 10.9 Å². The second-order valence-corrected chi connectivity index (χ2v) is 13.7. The third kappa shape index (κ3) is 7.60. The van der Waals surface area contributed by atoms with Crippen molar-refractivity contribution in [3.05, 3.63) is 65.9 Å². The summed E-state index contributed by atoms with van der Waals surface area (Å²) in [7, 11) is -6.06. The fourth-order valence-corrected chi connectivity index (χ4v) is 7.37. The number of hydrogen-bond donors (Lipinski definition) is 1. The second kappa shape index (κ2) is 13.3. The summed E-state index contributed by atoms with van der Waals surface area (Å²) in [5.74, 6) is -0.0248. The van der Waals surface area contributed by atoms with Crippen molar-refractivity contribution in [1.82, 2.24) is 18.9 Å². The number of pyridine rings is 1. The van der Waals surface area contributed by atoms with Crippen LogP contribution in [-0.4, -0.2) is 88.6 Å². The summed E-state index contributed by atoms with van der Waals surface area (Å²) in [4.78, 5) is 18.8. The Balaban J connectivity index is 1.38. The van der Waals surface area contributed by atoms with E-state index in [0.29, 0.717) is 18.8 Å². The number of hydrogen-bond acceptors (Lipinski definition) is 9. The highest BCUT2D eigenvalue weighted by Gasteiger charge is 2.34. The number of nitrogens with zero attached hydrogens (tertiary/aromatic N) is 3. The predicted octanol–water partition coefficient (Wildman–Crippen LogP) is 2.30. The highest BCUT2D eigenvalue weighted by atomic mass is 32.2. The number of carbonyl (C=O) groups is 1. The summed E-state index contributed by atoms with van der Waals surface area (Å²) < 4.78 is 65.6. The number of fused-ring (bicyclic) bond motifs is 1. The van der Waals surface area contributed by atoms with Crippen LogP contribution in [0.1, 0.15) is 24.6 Å². The molecule has 1 N–H and O–H groups in total. The molecule has 1 fully saturated rings. The molecule has 0 saturated carbocycles. The van der Waals surface area contributed by atoms with Gasteiger partial charge in [-0.2, -0.15) is 4.31 Å². The lowest BCUT2D eigenvalue weighted by atomic mass is 10.1. The number of para-hydroxylation sites is 1. The van der Waals surface area contributed by atoms with Crippen LogP contribution in [0, 0.1) is 6.92 Å². The maximum atomic E-state index is 13.0. The quantitative estimate of drug-likeness (QED) is 0.309. The maximum Gasteiger partial charge on any atom is 0.324 e. The molecule has 0 amide bonds. The van der Waals surface area contributed by atoms with Gasteiger partial charge in [0.1, 0.15) is 18.4 Å². The van der Waals surface area contributed by atoms with E-state index in [4.69, 9.17) is 9.47 Å². The molecule has 1 aromatic heterocycles. The minimum absolute atomic E-state index is 0.0224. The van der Waals surface area contributed by atoms with Crippen molar-refractivity contribution < 1.29 is 31.1 Å². The number of carbonyl (C=O) groups excluding carboxylic acids is 1. The topological polar surface area (TPSA) is 135 Å². The Morgan fingerprint density at radius 3 is 2.37 bits per heavy atom. The van der Waals surface area contributed by atoms with Gasteiger partial charge in [-0.25, -0.2) is 21.6 Å². The summed E-state index contributed by atoms with van der Waals surface area (Å²) in [6, 6.07) is 14.9. The molecule has 1 aliphatic heterocycles. The molecule has 0 radical (unpaired) electrons. The van der Waals surface area contributed by atoms with Gasteiger partial charge in [0.05, 0.1) is 23.3 Å². The Morgan fingerprint density at radius 2 is 1.71 bits per heavy atom. The Morgan fingerprint density at radius 1 is 1.02 bits per heavy atom. The number of benzene rings is 2. The molecule has 222 valence electrons. The number of esters is 1. The van der Waals surface area contributed by atoms with Crippen LogP contribution in [0.3, 0.4) is 0 Å². The van der Waals surface area contributed by atoms with Crippen molar-refractivity contribution in [2.75, 3.05) is 45.6 Å². The molecule has 4 rings (SSSR count). The molecule has 11 nitrogen and oxygen atoms in total. The summed E-state index contributed by atoms with van der Waals surface area (Å²) in [5.41, 5.74) is 2.74. The number of ether oxygens (including phenoxy) is 2. The van der Waals surface area contributed by atoms with E-state index in [2.05, 4.69) is 9.71 Å². The minimum Gasteiger partial charge on any atom is -0.489 e. The van der Waals surface area contributed by atoms with Crippen LogP contribution in [0.4, 0.5) is 0 Å². The average molecular weight is 605 g/mol. The first kappa shape index (κ1) is 30.8. The van der Waals surface area contributed by atoms with Crippen molar-refractivity contribution >= 4 is 36.9 Å². The standard InChI is InChI=1S/C28H36N4O7S2/c1-4-17-40(34,35)32-15-13-31(14-16-32)27(28(33)38-3)19-29-41(36,37)24-11-9-23(10-12-24)39-20-22-18-21(2)30-26-8-6-5-7-25(22)26/h5-12,18,27,29H,4,13-17,19-20H2,1-3H3. The van der Waals surface area contributed by atoms with Gasteiger partial charge in [0.15, 0.2) is 0 Å². The molecule has 1 saturated heterocycles. The van der Waals surface area contributed by atoms with E-state index in [-0.39, 0.29) is 43.4 Å². The van der Waals surface area contributed by atoms with Crippen molar-refractivity contribution in [3.8, 4) is 5.75 Å². The number of sulfonamides is 2. The lowest BCUT2D eigenvalue weighted by Gasteiger charge is -2.37. The monoisotopic (exact) mass is 604 g/mol. The molecule has 1 atom stereocenters. The Hall–Kier alpha value is -3.10. The fourth-order valence-electron chi connectivity index (χ4n) is 4.84. The van der Waals surface area contributed by atoms with Gasteiger partial charge in [0.25, 0.3) is 0 Å². The molecule has 2 aromatic carbocycles. The zero-order valence-corrected chi connectivity index (χ0v) is 25.1. The minimum atomic E-state index is -3.95. The average Bonchev–Trinajstić information content (AvgIpc) is 2.96. The Labute approximate surface area is 241 Å². The number of nitrogens with one attached hydrogen (secondary N) is 1. The van der Waals surface area contributed by atoms with Gasteiger partial charge in [-0.15, -0.1) is 0 Å². The second-order valence-electron chi connectivity index (χ2n) is 9.84. The van der Waals surface area contributed by atoms with Gasteiger partial charge in [0, 0.05) is 49.4 Å². The maximum absolute atomic E-state index is 13.0. The predicted molar refractivity (Wildman–Crippen MR) is 155 cm³/mol. The molecule has 1 unspecified atom stereocenters. The lowest BCUT2D eigenvalue weighted by Crippen LogP contribution is -2.57. The number of rotatable bonds is 12. The van der Waals surface area contributed by atoms with Crippen LogP contribution >= 0.6 is 0 Å². The third-order valence-electron chi connectivity index (χ3n) is 6.97. The third-order valence-corrected chi connectivity index (χ3v) is 10.5. The molecule has 13 heteroatoms. The van der Waals surface area contributed by atoms with Gasteiger partial charge in [-0.05, 0) is 49.7 Å². The molecule has 1 aliphatic rings. The van der Waals surface area contributed by atoms with Gasteiger partial charge < -0.3 is 9.47 Å². The Bertz CT molecular complexity index is 1570. The van der Waals surface area contributed by atoms with E-state index in [1.807, 2.05) is 37.3 Å². The normalized spacial score (nSPS) is 16.0. The van der Waals surface area contributed by atoms with Crippen LogP contribution < -0.4 is 9.46 Å².